The maximum Gasteiger partial charge on any atom is 0.146 e. The molecule has 0 aliphatic carbocycles. The van der Waals surface area contributed by atoms with Crippen molar-refractivity contribution in [3.8, 4) is 0 Å². The second kappa shape index (κ2) is 7.77. The summed E-state index contributed by atoms with van der Waals surface area (Å²) < 4.78 is 13.8. The molecule has 0 atom stereocenters. The quantitative estimate of drug-likeness (QED) is 0.617. The van der Waals surface area contributed by atoms with Crippen molar-refractivity contribution in [3.05, 3.63) is 72.8 Å². The van der Waals surface area contributed by atoms with Gasteiger partial charge in [-0.05, 0) is 11.8 Å². The van der Waals surface area contributed by atoms with Gasteiger partial charge in [0.25, 0.3) is 0 Å². The Morgan fingerprint density at radius 1 is 0.957 bits per heavy atom. The standard InChI is InChI=1S/C20H25O2P/c1-20(2,15-16-21)14-9-17-23(22,18-10-5-3-6-11-18)19-12-7-4-8-13-19/h3-14,21H,15-17H2,1-2H3/b14-9+. The van der Waals surface area contributed by atoms with E-state index in [1.165, 1.54) is 0 Å². The van der Waals surface area contributed by atoms with E-state index >= 15 is 0 Å². The summed E-state index contributed by atoms with van der Waals surface area (Å²) in [6.45, 7) is 4.32. The lowest BCUT2D eigenvalue weighted by atomic mass is 9.89. The molecular weight excluding hydrogens is 303 g/mol. The van der Waals surface area contributed by atoms with Crippen LogP contribution >= 0.6 is 7.14 Å². The summed E-state index contributed by atoms with van der Waals surface area (Å²) in [4.78, 5) is 0. The maximum absolute atomic E-state index is 13.8. The summed E-state index contributed by atoms with van der Waals surface area (Å²) >= 11 is 0. The van der Waals surface area contributed by atoms with E-state index in [2.05, 4.69) is 19.9 Å². The molecule has 2 rings (SSSR count). The fraction of sp³-hybridized carbons (Fsp3) is 0.300. The van der Waals surface area contributed by atoms with E-state index in [1.54, 1.807) is 0 Å². The highest BCUT2D eigenvalue weighted by molar-refractivity contribution is 7.78. The summed E-state index contributed by atoms with van der Waals surface area (Å²) in [6.07, 6.45) is 5.28. The van der Waals surface area contributed by atoms with Gasteiger partial charge in [0.2, 0.25) is 0 Å². The molecular formula is C20H25O2P. The molecule has 23 heavy (non-hydrogen) atoms. The highest BCUT2D eigenvalue weighted by Gasteiger charge is 2.25. The number of benzene rings is 2. The zero-order valence-electron chi connectivity index (χ0n) is 13.9. The molecule has 0 bridgehead atoms. The predicted molar refractivity (Wildman–Crippen MR) is 99.2 cm³/mol. The fourth-order valence-corrected chi connectivity index (χ4v) is 5.02. The summed E-state index contributed by atoms with van der Waals surface area (Å²) in [5.74, 6) is 0. The number of allylic oxidation sites excluding steroid dienone is 2. The average molecular weight is 328 g/mol. The van der Waals surface area contributed by atoms with Crippen LogP contribution in [0.2, 0.25) is 0 Å². The van der Waals surface area contributed by atoms with E-state index in [4.69, 9.17) is 5.11 Å². The van der Waals surface area contributed by atoms with Gasteiger partial charge in [0, 0.05) is 23.4 Å². The van der Waals surface area contributed by atoms with Crippen LogP contribution in [-0.4, -0.2) is 17.9 Å². The first-order chi connectivity index (χ1) is 11.0. The highest BCUT2D eigenvalue weighted by Crippen LogP contribution is 2.43. The van der Waals surface area contributed by atoms with Gasteiger partial charge in [-0.25, -0.2) is 0 Å². The molecule has 0 heterocycles. The molecule has 122 valence electrons. The summed E-state index contributed by atoms with van der Waals surface area (Å²) in [5, 5.41) is 10.9. The van der Waals surface area contributed by atoms with Crippen LogP contribution in [0.5, 0.6) is 0 Å². The number of rotatable bonds is 7. The van der Waals surface area contributed by atoms with Gasteiger partial charge >= 0.3 is 0 Å². The first-order valence-electron chi connectivity index (χ1n) is 7.97. The fourth-order valence-electron chi connectivity index (χ4n) is 2.59. The van der Waals surface area contributed by atoms with Crippen molar-refractivity contribution in [1.29, 1.82) is 0 Å². The first kappa shape index (κ1) is 17.7. The van der Waals surface area contributed by atoms with Crippen LogP contribution in [0.1, 0.15) is 20.3 Å². The monoisotopic (exact) mass is 328 g/mol. The van der Waals surface area contributed by atoms with Crippen molar-refractivity contribution in [2.75, 3.05) is 12.8 Å². The Morgan fingerprint density at radius 2 is 1.43 bits per heavy atom. The van der Waals surface area contributed by atoms with Gasteiger partial charge in [-0.15, -0.1) is 0 Å². The smallest absolute Gasteiger partial charge is 0.146 e. The highest BCUT2D eigenvalue weighted by atomic mass is 31.2. The molecule has 0 spiro atoms. The Labute approximate surface area is 139 Å². The van der Waals surface area contributed by atoms with Gasteiger partial charge in [-0.1, -0.05) is 86.7 Å². The van der Waals surface area contributed by atoms with Crippen molar-refractivity contribution in [2.45, 2.75) is 20.3 Å². The van der Waals surface area contributed by atoms with E-state index in [9.17, 15) is 4.57 Å². The minimum Gasteiger partial charge on any atom is -0.396 e. The molecule has 0 aliphatic heterocycles. The summed E-state index contributed by atoms with van der Waals surface area (Å²) in [7, 11) is -2.68. The van der Waals surface area contributed by atoms with Crippen molar-refractivity contribution in [2.24, 2.45) is 5.41 Å². The third-order valence-corrected chi connectivity index (χ3v) is 7.02. The van der Waals surface area contributed by atoms with E-state index in [0.29, 0.717) is 12.6 Å². The Bertz CT molecular complexity index is 632. The molecule has 3 heteroatoms. The molecule has 2 aromatic rings. The van der Waals surface area contributed by atoms with Crippen LogP contribution in [0.3, 0.4) is 0 Å². The topological polar surface area (TPSA) is 37.3 Å². The summed E-state index contributed by atoms with van der Waals surface area (Å²) in [5.41, 5.74) is -0.0903. The zero-order valence-corrected chi connectivity index (χ0v) is 14.7. The first-order valence-corrected chi connectivity index (χ1v) is 9.86. The minimum atomic E-state index is -2.68. The van der Waals surface area contributed by atoms with Crippen LogP contribution in [-0.2, 0) is 4.57 Å². The normalized spacial score (nSPS) is 12.7. The Balaban J connectivity index is 2.33. The molecule has 0 aliphatic rings. The second-order valence-corrected chi connectivity index (χ2v) is 9.34. The van der Waals surface area contributed by atoms with Crippen LogP contribution in [0.4, 0.5) is 0 Å². The van der Waals surface area contributed by atoms with Gasteiger partial charge in [-0.2, -0.15) is 0 Å². The molecule has 0 radical (unpaired) electrons. The third-order valence-electron chi connectivity index (χ3n) is 4.03. The Morgan fingerprint density at radius 3 is 1.87 bits per heavy atom. The number of aliphatic hydroxyl groups is 1. The van der Waals surface area contributed by atoms with Crippen molar-refractivity contribution in [3.63, 3.8) is 0 Å². The van der Waals surface area contributed by atoms with Crippen LogP contribution in [0.25, 0.3) is 0 Å². The third kappa shape index (κ3) is 4.67. The molecule has 0 unspecified atom stereocenters. The second-order valence-electron chi connectivity index (χ2n) is 6.46. The van der Waals surface area contributed by atoms with E-state index in [1.807, 2.05) is 66.7 Å². The Hall–Kier alpha value is -1.63. The molecule has 0 saturated carbocycles. The van der Waals surface area contributed by atoms with Crippen LogP contribution in [0, 0.1) is 5.41 Å². The summed E-state index contributed by atoms with van der Waals surface area (Å²) in [6, 6.07) is 19.4. The molecule has 1 N–H and O–H groups in total. The largest absolute Gasteiger partial charge is 0.396 e. The zero-order chi connectivity index (χ0) is 16.8. The SMILES string of the molecule is CC(C)(/C=C/CP(=O)(c1ccccc1)c1ccccc1)CCO. The molecule has 0 amide bonds. The average Bonchev–Trinajstić information content (AvgIpc) is 2.56. The number of aliphatic hydroxyl groups excluding tert-OH is 1. The number of hydrogen-bond donors (Lipinski definition) is 1. The molecule has 2 nitrogen and oxygen atoms in total. The minimum absolute atomic E-state index is 0.0903. The molecule has 2 aromatic carbocycles. The van der Waals surface area contributed by atoms with Gasteiger partial charge in [0.1, 0.15) is 7.14 Å². The molecule has 0 fully saturated rings. The lowest BCUT2D eigenvalue weighted by Crippen LogP contribution is -2.18. The van der Waals surface area contributed by atoms with Crippen molar-refractivity contribution < 1.29 is 9.67 Å². The van der Waals surface area contributed by atoms with Gasteiger partial charge in [0.15, 0.2) is 0 Å². The molecule has 0 aromatic heterocycles. The Kier molecular flexibility index (Phi) is 5.98. The molecule has 0 saturated heterocycles. The van der Waals surface area contributed by atoms with Crippen molar-refractivity contribution >= 4 is 17.8 Å². The maximum atomic E-state index is 13.8. The van der Waals surface area contributed by atoms with Gasteiger partial charge in [0.05, 0.1) is 0 Å². The van der Waals surface area contributed by atoms with Crippen molar-refractivity contribution in [1.82, 2.24) is 0 Å². The van der Waals surface area contributed by atoms with Gasteiger partial charge < -0.3 is 9.67 Å². The van der Waals surface area contributed by atoms with E-state index in [0.717, 1.165) is 10.6 Å². The number of hydrogen-bond acceptors (Lipinski definition) is 2. The lowest BCUT2D eigenvalue weighted by molar-refractivity contribution is 0.241. The predicted octanol–water partition coefficient (Wildman–Crippen LogP) is 3.97. The van der Waals surface area contributed by atoms with Crippen LogP contribution in [0.15, 0.2) is 72.8 Å². The van der Waals surface area contributed by atoms with Gasteiger partial charge in [-0.3, -0.25) is 0 Å². The van der Waals surface area contributed by atoms with E-state index in [-0.39, 0.29) is 12.0 Å². The van der Waals surface area contributed by atoms with E-state index < -0.39 is 7.14 Å². The lowest BCUT2D eigenvalue weighted by Gasteiger charge is -2.21. The van der Waals surface area contributed by atoms with Crippen LogP contribution < -0.4 is 10.6 Å².